The van der Waals surface area contributed by atoms with Crippen molar-refractivity contribution in [3.05, 3.63) is 87.9 Å². The SMILES string of the molecule is COc1cccc(Cn2cc(NC(=O)c3ccn(COc4ccc(Cl)cc4Br)n3)cn2)c1. The van der Waals surface area contributed by atoms with Crippen molar-refractivity contribution < 1.29 is 14.3 Å². The smallest absolute Gasteiger partial charge is 0.276 e. The first kappa shape index (κ1) is 21.9. The van der Waals surface area contributed by atoms with Crippen LogP contribution in [0.15, 0.2) is 71.6 Å². The second-order valence-electron chi connectivity index (χ2n) is 6.82. The fourth-order valence-electron chi connectivity index (χ4n) is 2.95. The number of ether oxygens (including phenoxy) is 2. The lowest BCUT2D eigenvalue weighted by Gasteiger charge is -2.08. The number of rotatable bonds is 8. The van der Waals surface area contributed by atoms with E-state index in [4.69, 9.17) is 21.1 Å². The Hall–Kier alpha value is -3.30. The molecule has 0 atom stereocenters. The van der Waals surface area contributed by atoms with Gasteiger partial charge >= 0.3 is 0 Å². The Morgan fingerprint density at radius 1 is 1.19 bits per heavy atom. The molecular weight excluding hydrogens is 498 g/mol. The topological polar surface area (TPSA) is 83.2 Å². The minimum absolute atomic E-state index is 0.145. The van der Waals surface area contributed by atoms with Gasteiger partial charge in [-0.05, 0) is 57.9 Å². The molecule has 1 N–H and O–H groups in total. The van der Waals surface area contributed by atoms with Gasteiger partial charge in [0.05, 0.1) is 30.0 Å². The molecule has 32 heavy (non-hydrogen) atoms. The lowest BCUT2D eigenvalue weighted by Crippen LogP contribution is -2.14. The predicted octanol–water partition coefficient (Wildman–Crippen LogP) is 4.84. The van der Waals surface area contributed by atoms with Crippen LogP contribution in [0.2, 0.25) is 5.02 Å². The van der Waals surface area contributed by atoms with Crippen LogP contribution in [0, 0.1) is 0 Å². The molecule has 4 rings (SSSR count). The number of nitrogens with one attached hydrogen (secondary N) is 1. The van der Waals surface area contributed by atoms with E-state index in [0.717, 1.165) is 15.8 Å². The van der Waals surface area contributed by atoms with E-state index in [9.17, 15) is 4.79 Å². The van der Waals surface area contributed by atoms with Crippen LogP contribution < -0.4 is 14.8 Å². The Bertz CT molecular complexity index is 1240. The van der Waals surface area contributed by atoms with E-state index in [-0.39, 0.29) is 18.3 Å². The van der Waals surface area contributed by atoms with Crippen molar-refractivity contribution in [3.8, 4) is 11.5 Å². The summed E-state index contributed by atoms with van der Waals surface area (Å²) in [7, 11) is 1.63. The quantitative estimate of drug-likeness (QED) is 0.362. The average molecular weight is 517 g/mol. The number of carbonyl (C=O) groups is 1. The van der Waals surface area contributed by atoms with Gasteiger partial charge in [-0.2, -0.15) is 10.2 Å². The van der Waals surface area contributed by atoms with Crippen molar-refractivity contribution >= 4 is 39.1 Å². The molecule has 2 aromatic heterocycles. The van der Waals surface area contributed by atoms with Crippen LogP contribution in [0.4, 0.5) is 5.69 Å². The lowest BCUT2D eigenvalue weighted by molar-refractivity contribution is 0.102. The fraction of sp³-hybridized carbons (Fsp3) is 0.136. The fourth-order valence-corrected chi connectivity index (χ4v) is 3.75. The van der Waals surface area contributed by atoms with Crippen molar-refractivity contribution in [2.75, 3.05) is 12.4 Å². The maximum atomic E-state index is 12.5. The van der Waals surface area contributed by atoms with Crippen LogP contribution in [-0.2, 0) is 13.3 Å². The van der Waals surface area contributed by atoms with Crippen molar-refractivity contribution in [1.82, 2.24) is 19.6 Å². The van der Waals surface area contributed by atoms with Crippen LogP contribution in [-0.4, -0.2) is 32.6 Å². The highest BCUT2D eigenvalue weighted by atomic mass is 79.9. The highest BCUT2D eigenvalue weighted by molar-refractivity contribution is 9.10. The third kappa shape index (κ3) is 5.49. The summed E-state index contributed by atoms with van der Waals surface area (Å²) in [4.78, 5) is 12.5. The molecule has 0 bridgehead atoms. The van der Waals surface area contributed by atoms with Gasteiger partial charge in [-0.15, -0.1) is 0 Å². The summed E-state index contributed by atoms with van der Waals surface area (Å²) in [5.74, 6) is 1.07. The third-order valence-corrected chi connectivity index (χ3v) is 5.34. The van der Waals surface area contributed by atoms with Gasteiger partial charge in [0.25, 0.3) is 5.91 Å². The van der Waals surface area contributed by atoms with Crippen molar-refractivity contribution in [3.63, 3.8) is 0 Å². The van der Waals surface area contributed by atoms with E-state index in [2.05, 4.69) is 31.4 Å². The summed E-state index contributed by atoms with van der Waals surface area (Å²) in [5.41, 5.74) is 1.88. The Kier molecular flexibility index (Phi) is 6.77. The first-order valence-corrected chi connectivity index (χ1v) is 10.8. The molecule has 4 aromatic rings. The largest absolute Gasteiger partial charge is 0.497 e. The number of hydrogen-bond donors (Lipinski definition) is 1. The minimum atomic E-state index is -0.336. The molecule has 0 fully saturated rings. The summed E-state index contributed by atoms with van der Waals surface area (Å²) in [6, 6.07) is 14.6. The molecule has 2 heterocycles. The molecule has 0 unspecified atom stereocenters. The molecule has 0 saturated heterocycles. The Morgan fingerprint density at radius 2 is 2.06 bits per heavy atom. The molecule has 164 valence electrons. The minimum Gasteiger partial charge on any atom is -0.497 e. The zero-order chi connectivity index (χ0) is 22.5. The van der Waals surface area contributed by atoms with Crippen molar-refractivity contribution in [1.29, 1.82) is 0 Å². The van der Waals surface area contributed by atoms with E-state index >= 15 is 0 Å². The number of methoxy groups -OCH3 is 1. The normalized spacial score (nSPS) is 10.7. The molecule has 10 heteroatoms. The number of hydrogen-bond acceptors (Lipinski definition) is 5. The van der Waals surface area contributed by atoms with Gasteiger partial charge < -0.3 is 14.8 Å². The van der Waals surface area contributed by atoms with Gasteiger partial charge in [-0.3, -0.25) is 9.48 Å². The number of carbonyl (C=O) groups excluding carboxylic acids is 1. The van der Waals surface area contributed by atoms with E-state index in [1.807, 2.05) is 24.3 Å². The number of amides is 1. The first-order chi connectivity index (χ1) is 15.5. The molecule has 0 aliphatic rings. The van der Waals surface area contributed by atoms with Gasteiger partial charge in [0.15, 0.2) is 12.4 Å². The lowest BCUT2D eigenvalue weighted by atomic mass is 10.2. The second kappa shape index (κ2) is 9.88. The molecular formula is C22H19BrClN5O3. The number of aromatic nitrogens is 4. The predicted molar refractivity (Wildman–Crippen MR) is 124 cm³/mol. The summed E-state index contributed by atoms with van der Waals surface area (Å²) in [6.45, 7) is 0.700. The van der Waals surface area contributed by atoms with Crippen LogP contribution in [0.1, 0.15) is 16.1 Å². The summed E-state index contributed by atoms with van der Waals surface area (Å²) >= 11 is 9.33. The van der Waals surface area contributed by atoms with E-state index in [1.165, 1.54) is 4.68 Å². The third-order valence-electron chi connectivity index (χ3n) is 4.49. The summed E-state index contributed by atoms with van der Waals surface area (Å²) in [5, 5.41) is 12.0. The Labute approximate surface area is 197 Å². The van der Waals surface area contributed by atoms with Crippen LogP contribution >= 0.6 is 27.5 Å². The van der Waals surface area contributed by atoms with E-state index in [0.29, 0.717) is 23.0 Å². The van der Waals surface area contributed by atoms with E-state index in [1.54, 1.807) is 54.6 Å². The highest BCUT2D eigenvalue weighted by Gasteiger charge is 2.12. The Morgan fingerprint density at radius 3 is 2.88 bits per heavy atom. The molecule has 1 amide bonds. The van der Waals surface area contributed by atoms with Gasteiger partial charge in [-0.1, -0.05) is 23.7 Å². The summed E-state index contributed by atoms with van der Waals surface area (Å²) in [6.07, 6.45) is 5.02. The molecule has 8 nitrogen and oxygen atoms in total. The second-order valence-corrected chi connectivity index (χ2v) is 8.11. The van der Waals surface area contributed by atoms with Crippen LogP contribution in [0.25, 0.3) is 0 Å². The monoisotopic (exact) mass is 515 g/mol. The first-order valence-electron chi connectivity index (χ1n) is 9.58. The van der Waals surface area contributed by atoms with E-state index < -0.39 is 0 Å². The van der Waals surface area contributed by atoms with Gasteiger partial charge in [0.2, 0.25) is 0 Å². The van der Waals surface area contributed by atoms with Gasteiger partial charge in [-0.25, -0.2) is 4.68 Å². The molecule has 2 aromatic carbocycles. The van der Waals surface area contributed by atoms with Crippen LogP contribution in [0.3, 0.4) is 0 Å². The Balaban J connectivity index is 1.34. The van der Waals surface area contributed by atoms with Gasteiger partial charge in [0.1, 0.15) is 11.5 Å². The number of nitrogens with zero attached hydrogens (tertiary/aromatic N) is 4. The standard InChI is InChI=1S/C22H19BrClN5O3/c1-31-18-4-2-3-15(9-18)12-29-13-17(11-25-29)26-22(30)20-7-8-28(27-20)14-32-21-6-5-16(24)10-19(21)23/h2-11,13H,12,14H2,1H3,(H,26,30). The molecule has 0 aliphatic heterocycles. The van der Waals surface area contributed by atoms with Gasteiger partial charge in [0, 0.05) is 17.4 Å². The molecule has 0 radical (unpaired) electrons. The average Bonchev–Trinajstić information content (AvgIpc) is 3.43. The highest BCUT2D eigenvalue weighted by Crippen LogP contribution is 2.28. The maximum absolute atomic E-state index is 12.5. The number of benzene rings is 2. The maximum Gasteiger partial charge on any atom is 0.276 e. The zero-order valence-corrected chi connectivity index (χ0v) is 19.4. The van der Waals surface area contributed by atoms with Crippen molar-refractivity contribution in [2.24, 2.45) is 0 Å². The van der Waals surface area contributed by atoms with Crippen LogP contribution in [0.5, 0.6) is 11.5 Å². The number of halogens is 2. The number of anilines is 1. The zero-order valence-electron chi connectivity index (χ0n) is 17.0. The molecule has 0 aliphatic carbocycles. The molecule has 0 spiro atoms. The summed E-state index contributed by atoms with van der Waals surface area (Å²) < 4.78 is 15.0. The molecule has 0 saturated carbocycles. The van der Waals surface area contributed by atoms with Crippen molar-refractivity contribution in [2.45, 2.75) is 13.3 Å².